The Balaban J connectivity index is 0.000000474. The predicted octanol–water partition coefficient (Wildman–Crippen LogP) is 6.60. The Morgan fingerprint density at radius 1 is 1.14 bits per heavy atom. The molecule has 6 heteroatoms. The van der Waals surface area contributed by atoms with Gasteiger partial charge in [-0.1, -0.05) is 98.9 Å². The predicted molar refractivity (Wildman–Crippen MR) is 153 cm³/mol. The molecule has 0 spiro atoms. The van der Waals surface area contributed by atoms with E-state index in [1.54, 1.807) is 18.2 Å². The van der Waals surface area contributed by atoms with Gasteiger partial charge in [0, 0.05) is 12.5 Å². The van der Waals surface area contributed by atoms with Gasteiger partial charge < -0.3 is 15.2 Å². The summed E-state index contributed by atoms with van der Waals surface area (Å²) in [5.41, 5.74) is 4.17. The second-order valence-electron chi connectivity index (χ2n) is 8.52. The molecule has 3 unspecified atom stereocenters. The summed E-state index contributed by atoms with van der Waals surface area (Å²) in [6.45, 7) is 12.3. The summed E-state index contributed by atoms with van der Waals surface area (Å²) in [6, 6.07) is 8.85. The first kappa shape index (κ1) is 31.8. The second kappa shape index (κ2) is 20.9. The average Bonchev–Trinajstić information content (AvgIpc) is 2.91. The van der Waals surface area contributed by atoms with Crippen molar-refractivity contribution < 1.29 is 19.5 Å². The Bertz CT molecular complexity index is 890. The Kier molecular flexibility index (Phi) is 18.0. The van der Waals surface area contributed by atoms with E-state index in [4.69, 9.17) is 9.57 Å². The lowest BCUT2D eigenvalue weighted by Crippen LogP contribution is -2.39. The number of carbonyl (C=O) groups excluding carboxylic acids is 1. The van der Waals surface area contributed by atoms with Crippen LogP contribution in [0.4, 0.5) is 4.79 Å². The van der Waals surface area contributed by atoms with Gasteiger partial charge in [-0.05, 0) is 50.8 Å². The molecule has 0 saturated heterocycles. The van der Waals surface area contributed by atoms with Crippen LogP contribution in [0.3, 0.4) is 0 Å². The molecule has 1 aromatic rings. The molecular weight excluding hydrogens is 464 g/mol. The molecule has 0 aliphatic heterocycles. The van der Waals surface area contributed by atoms with Crippen LogP contribution < -0.4 is 15.5 Å². The van der Waals surface area contributed by atoms with Crippen LogP contribution in [-0.4, -0.2) is 36.5 Å². The van der Waals surface area contributed by atoms with Crippen LogP contribution in [0.5, 0.6) is 5.75 Å². The van der Waals surface area contributed by atoms with Crippen LogP contribution >= 0.6 is 0 Å². The molecule has 0 heterocycles. The van der Waals surface area contributed by atoms with Crippen LogP contribution in [0.25, 0.3) is 0 Å². The van der Waals surface area contributed by atoms with Crippen LogP contribution in [0.1, 0.15) is 46.0 Å². The summed E-state index contributed by atoms with van der Waals surface area (Å²) in [4.78, 5) is 16.8. The van der Waals surface area contributed by atoms with Crippen molar-refractivity contribution in [1.82, 2.24) is 10.8 Å². The summed E-state index contributed by atoms with van der Waals surface area (Å²) in [7, 11) is 0. The zero-order valence-electron chi connectivity index (χ0n) is 22.4. The summed E-state index contributed by atoms with van der Waals surface area (Å²) in [6.07, 6.45) is 22.5. The minimum atomic E-state index is -0.413. The standard InChI is InChI=1S/C22H33NO2.C9H11NO2/c1-4-6-8-9-11-15-20(18-24)23-25-22-17-13-12-16-21(22)19(3)14-10-7-5-2;1-2-10-9(11)12-8-6-4-3-5-7-8/h4-11,14,20-24H,1,3,12-13,15-18H2,2H3;3-7H,2H2,1H3,(H,10,11)/b7-5-,8-6-,11-9-,14-10-;. The number of hydrogen-bond acceptors (Lipinski definition) is 5. The summed E-state index contributed by atoms with van der Waals surface area (Å²) < 4.78 is 4.90. The number of benzene rings is 1. The Morgan fingerprint density at radius 2 is 1.89 bits per heavy atom. The number of ether oxygens (including phenoxy) is 1. The molecule has 0 aromatic heterocycles. The van der Waals surface area contributed by atoms with Gasteiger partial charge in [0.1, 0.15) is 5.75 Å². The number of amides is 1. The molecule has 1 amide bonds. The fourth-order valence-electron chi connectivity index (χ4n) is 3.66. The lowest BCUT2D eigenvalue weighted by molar-refractivity contribution is -0.0831. The monoisotopic (exact) mass is 508 g/mol. The smallest absolute Gasteiger partial charge is 0.410 e. The second-order valence-corrected chi connectivity index (χ2v) is 8.52. The van der Waals surface area contributed by atoms with E-state index in [9.17, 15) is 9.90 Å². The highest BCUT2D eigenvalue weighted by Crippen LogP contribution is 2.32. The number of aliphatic hydroxyl groups is 1. The molecule has 1 aromatic carbocycles. The van der Waals surface area contributed by atoms with Crippen LogP contribution in [0.15, 0.2) is 104 Å². The molecule has 1 aliphatic carbocycles. The molecule has 202 valence electrons. The van der Waals surface area contributed by atoms with Crippen molar-refractivity contribution in [2.75, 3.05) is 13.2 Å². The van der Waals surface area contributed by atoms with Crippen molar-refractivity contribution >= 4 is 6.09 Å². The van der Waals surface area contributed by atoms with Gasteiger partial charge in [0.15, 0.2) is 0 Å². The fraction of sp³-hybridized carbons (Fsp3) is 0.387. The number of hydrogen-bond donors (Lipinski definition) is 3. The minimum absolute atomic E-state index is 0.0367. The number of allylic oxidation sites excluding steroid dienone is 8. The van der Waals surface area contributed by atoms with E-state index >= 15 is 0 Å². The van der Waals surface area contributed by atoms with Crippen molar-refractivity contribution in [3.8, 4) is 5.75 Å². The van der Waals surface area contributed by atoms with Crippen LogP contribution in [0.2, 0.25) is 0 Å². The first-order chi connectivity index (χ1) is 18.0. The number of rotatable bonds is 13. The van der Waals surface area contributed by atoms with Gasteiger partial charge >= 0.3 is 6.09 Å². The highest BCUT2D eigenvalue weighted by Gasteiger charge is 2.28. The molecule has 1 aliphatic rings. The fourth-order valence-corrected chi connectivity index (χ4v) is 3.66. The topological polar surface area (TPSA) is 79.8 Å². The highest BCUT2D eigenvalue weighted by molar-refractivity contribution is 5.70. The lowest BCUT2D eigenvalue weighted by Gasteiger charge is -2.32. The Hall–Kier alpha value is -3.19. The lowest BCUT2D eigenvalue weighted by atomic mass is 9.82. The number of aliphatic hydroxyl groups excluding tert-OH is 1. The third-order valence-electron chi connectivity index (χ3n) is 5.59. The first-order valence-electron chi connectivity index (χ1n) is 13.0. The Labute approximate surface area is 223 Å². The zero-order chi connectivity index (χ0) is 27.1. The number of carbonyl (C=O) groups is 1. The van der Waals surface area contributed by atoms with Crippen LogP contribution in [-0.2, 0) is 4.84 Å². The van der Waals surface area contributed by atoms with Gasteiger partial charge in [-0.25, -0.2) is 4.79 Å². The minimum Gasteiger partial charge on any atom is -0.410 e. The van der Waals surface area contributed by atoms with Gasteiger partial charge in [-0.3, -0.25) is 4.84 Å². The van der Waals surface area contributed by atoms with Gasteiger partial charge in [-0.2, -0.15) is 5.48 Å². The molecule has 37 heavy (non-hydrogen) atoms. The molecule has 0 radical (unpaired) electrons. The molecule has 2 rings (SSSR count). The van der Waals surface area contributed by atoms with Crippen molar-refractivity contribution in [1.29, 1.82) is 0 Å². The van der Waals surface area contributed by atoms with E-state index < -0.39 is 6.09 Å². The van der Waals surface area contributed by atoms with Gasteiger partial charge in [0.05, 0.1) is 18.8 Å². The van der Waals surface area contributed by atoms with E-state index in [1.165, 1.54) is 12.8 Å². The molecule has 6 nitrogen and oxygen atoms in total. The van der Waals surface area contributed by atoms with Gasteiger partial charge in [-0.15, -0.1) is 0 Å². The van der Waals surface area contributed by atoms with Crippen molar-refractivity contribution in [2.45, 2.75) is 58.1 Å². The highest BCUT2D eigenvalue weighted by atomic mass is 16.7. The maximum Gasteiger partial charge on any atom is 0.412 e. The number of nitrogens with one attached hydrogen (secondary N) is 2. The van der Waals surface area contributed by atoms with E-state index in [0.717, 1.165) is 18.4 Å². The van der Waals surface area contributed by atoms with Crippen molar-refractivity contribution in [3.05, 3.63) is 104 Å². The molecule has 3 N–H and O–H groups in total. The number of para-hydroxylation sites is 1. The summed E-state index contributed by atoms with van der Waals surface area (Å²) in [5, 5.41) is 12.1. The average molecular weight is 509 g/mol. The Morgan fingerprint density at radius 3 is 2.57 bits per heavy atom. The quantitative estimate of drug-likeness (QED) is 0.207. The maximum absolute atomic E-state index is 10.9. The van der Waals surface area contributed by atoms with E-state index in [1.807, 2.05) is 74.6 Å². The summed E-state index contributed by atoms with van der Waals surface area (Å²) >= 11 is 0. The van der Waals surface area contributed by atoms with Gasteiger partial charge in [0.25, 0.3) is 0 Å². The largest absolute Gasteiger partial charge is 0.412 e. The first-order valence-corrected chi connectivity index (χ1v) is 13.0. The van der Waals surface area contributed by atoms with E-state index in [2.05, 4.69) is 30.0 Å². The van der Waals surface area contributed by atoms with E-state index in [0.29, 0.717) is 24.6 Å². The third-order valence-corrected chi connectivity index (χ3v) is 5.59. The van der Waals surface area contributed by atoms with Crippen LogP contribution in [0, 0.1) is 5.92 Å². The SMILES string of the molecule is C=C/C=C\C=C/CC(CO)NOC1CCCCC1C(=C)/C=C\C=C/C.CCNC(=O)Oc1ccccc1. The van der Waals surface area contributed by atoms with E-state index in [-0.39, 0.29) is 18.8 Å². The molecule has 1 fully saturated rings. The summed E-state index contributed by atoms with van der Waals surface area (Å²) in [5.74, 6) is 0.886. The zero-order valence-corrected chi connectivity index (χ0v) is 22.4. The molecule has 3 atom stereocenters. The normalized spacial score (nSPS) is 18.6. The maximum atomic E-state index is 10.9. The third kappa shape index (κ3) is 14.8. The van der Waals surface area contributed by atoms with Gasteiger partial charge in [0.2, 0.25) is 0 Å². The van der Waals surface area contributed by atoms with Crippen molar-refractivity contribution in [3.63, 3.8) is 0 Å². The van der Waals surface area contributed by atoms with Crippen molar-refractivity contribution in [2.24, 2.45) is 5.92 Å². The number of hydroxylamine groups is 1. The molecule has 0 bridgehead atoms. The molecule has 1 saturated carbocycles. The molecular formula is C31H44N2O4.